The maximum absolute atomic E-state index is 14.4. The first-order valence-electron chi connectivity index (χ1n) is 11.0. The Morgan fingerprint density at radius 2 is 1.83 bits per heavy atom. The van der Waals surface area contributed by atoms with E-state index < -0.39 is 5.82 Å². The van der Waals surface area contributed by atoms with Crippen LogP contribution in [0.3, 0.4) is 0 Å². The zero-order valence-electron chi connectivity index (χ0n) is 21.0. The Morgan fingerprint density at radius 1 is 1.14 bits per heavy atom. The number of aliphatic hydroxyl groups is 1. The van der Waals surface area contributed by atoms with E-state index in [1.54, 1.807) is 62.4 Å². The summed E-state index contributed by atoms with van der Waals surface area (Å²) in [5, 5.41) is 11.0. The van der Waals surface area contributed by atoms with E-state index in [0.717, 1.165) is 5.56 Å². The number of nitrogens with zero attached hydrogens (tertiary/aromatic N) is 2. The zero-order valence-corrected chi connectivity index (χ0v) is 21.0. The van der Waals surface area contributed by atoms with Crippen LogP contribution in [-0.4, -0.2) is 43.5 Å². The number of carbonyl (C=O) groups excluding carboxylic acids is 2. The maximum atomic E-state index is 14.4. The van der Waals surface area contributed by atoms with Crippen molar-refractivity contribution in [1.82, 2.24) is 4.98 Å². The van der Waals surface area contributed by atoms with Crippen LogP contribution in [0.5, 0.6) is 11.5 Å². The largest absolute Gasteiger partial charge is 0.461 e. The predicted octanol–water partition coefficient (Wildman–Crippen LogP) is 5.51. The monoisotopic (exact) mass is 495 g/mol. The molecule has 0 radical (unpaired) electrons. The molecule has 190 valence electrons. The second-order valence-electron chi connectivity index (χ2n) is 7.84. The molecule has 0 aliphatic carbocycles. The summed E-state index contributed by atoms with van der Waals surface area (Å²) in [7, 11) is 3.53. The summed E-state index contributed by atoms with van der Waals surface area (Å²) in [5.74, 6) is 1.07. The van der Waals surface area contributed by atoms with Crippen LogP contribution in [0.25, 0.3) is 11.0 Å². The number of amides is 1. The molecule has 0 spiro atoms. The van der Waals surface area contributed by atoms with Crippen molar-refractivity contribution in [3.05, 3.63) is 77.4 Å². The van der Waals surface area contributed by atoms with E-state index in [1.807, 2.05) is 32.8 Å². The van der Waals surface area contributed by atoms with Crippen molar-refractivity contribution in [3.8, 4) is 11.5 Å². The second kappa shape index (κ2) is 13.0. The van der Waals surface area contributed by atoms with Crippen molar-refractivity contribution in [2.45, 2.75) is 20.8 Å². The van der Waals surface area contributed by atoms with Crippen molar-refractivity contribution < 1.29 is 28.2 Å². The van der Waals surface area contributed by atoms with Crippen LogP contribution in [0.4, 0.5) is 15.9 Å². The van der Waals surface area contributed by atoms with Gasteiger partial charge in [-0.25, -0.2) is 9.37 Å². The van der Waals surface area contributed by atoms with Gasteiger partial charge in [0.25, 0.3) is 5.91 Å². The normalized spacial score (nSPS) is 9.97. The molecule has 2 N–H and O–H groups in total. The molecule has 2 aromatic carbocycles. The highest BCUT2D eigenvalue weighted by molar-refractivity contribution is 6.06. The number of hydrogen-bond acceptors (Lipinski definition) is 7. The maximum Gasteiger partial charge on any atom is 0.257 e. The topological polar surface area (TPSA) is 105 Å². The lowest BCUT2D eigenvalue weighted by molar-refractivity contribution is -0.0980. The van der Waals surface area contributed by atoms with E-state index >= 15 is 0 Å². The fourth-order valence-electron chi connectivity index (χ4n) is 3.22. The number of anilines is 2. The Balaban J connectivity index is 0.000000850. The van der Waals surface area contributed by atoms with Gasteiger partial charge in [0.1, 0.15) is 41.3 Å². The molecule has 0 fully saturated rings. The minimum atomic E-state index is -0.401. The minimum Gasteiger partial charge on any atom is -0.461 e. The Kier molecular flexibility index (Phi) is 10.1. The van der Waals surface area contributed by atoms with Crippen molar-refractivity contribution in [1.29, 1.82) is 0 Å². The Bertz CT molecular complexity index is 1300. The van der Waals surface area contributed by atoms with E-state index in [9.17, 15) is 9.18 Å². The van der Waals surface area contributed by atoms with Crippen LogP contribution in [0.2, 0.25) is 0 Å². The van der Waals surface area contributed by atoms with Gasteiger partial charge in [0.05, 0.1) is 11.1 Å². The van der Waals surface area contributed by atoms with E-state index in [0.29, 0.717) is 45.3 Å². The van der Waals surface area contributed by atoms with Crippen molar-refractivity contribution >= 4 is 35.2 Å². The number of nitrogens with one attached hydrogen (secondary N) is 1. The van der Waals surface area contributed by atoms with Gasteiger partial charge in [-0.3, -0.25) is 4.79 Å². The standard InChI is InChI=1S/C24H22FN3O3.C2H6O.CH2O/c1-14-5-8-23(26-13-14)27-24(29)16-10-21-18(9-15(2)30-21)22(11-16)31-17-6-7-20(28(3)4)19(25)12-17;1-2-3;1-2/h5-13H,1-4H3,(H,26,27,29);3H,2H2,1H3;1H2. The van der Waals surface area contributed by atoms with Gasteiger partial charge in [-0.05, 0) is 62.7 Å². The lowest BCUT2D eigenvalue weighted by Crippen LogP contribution is -2.13. The van der Waals surface area contributed by atoms with Crippen molar-refractivity contribution in [2.24, 2.45) is 0 Å². The number of benzene rings is 2. The number of hydrogen-bond donors (Lipinski definition) is 2. The third-order valence-electron chi connectivity index (χ3n) is 4.77. The molecule has 36 heavy (non-hydrogen) atoms. The summed E-state index contributed by atoms with van der Waals surface area (Å²) < 4.78 is 26.1. The van der Waals surface area contributed by atoms with Crippen molar-refractivity contribution in [3.63, 3.8) is 0 Å². The number of aryl methyl sites for hydroxylation is 2. The molecule has 1 amide bonds. The van der Waals surface area contributed by atoms with Crippen LogP contribution in [0, 0.1) is 19.7 Å². The molecule has 4 aromatic rings. The van der Waals surface area contributed by atoms with Gasteiger partial charge in [-0.2, -0.15) is 0 Å². The van der Waals surface area contributed by atoms with Crippen LogP contribution < -0.4 is 15.0 Å². The molecule has 9 heteroatoms. The first kappa shape index (κ1) is 28.0. The summed E-state index contributed by atoms with van der Waals surface area (Å²) in [6.45, 7) is 7.66. The highest BCUT2D eigenvalue weighted by Crippen LogP contribution is 2.35. The number of aromatic nitrogens is 1. The fourth-order valence-corrected chi connectivity index (χ4v) is 3.22. The number of rotatable bonds is 5. The van der Waals surface area contributed by atoms with E-state index in [1.165, 1.54) is 6.07 Å². The predicted molar refractivity (Wildman–Crippen MR) is 139 cm³/mol. The molecule has 0 bridgehead atoms. The van der Waals surface area contributed by atoms with E-state index in [4.69, 9.17) is 19.1 Å². The zero-order chi connectivity index (χ0) is 26.8. The average molecular weight is 496 g/mol. The Hall–Kier alpha value is -4.24. The quantitative estimate of drug-likeness (QED) is 0.376. The van der Waals surface area contributed by atoms with E-state index in [2.05, 4.69) is 10.3 Å². The summed E-state index contributed by atoms with van der Waals surface area (Å²) in [6.07, 6.45) is 1.68. The van der Waals surface area contributed by atoms with Gasteiger partial charge in [0.15, 0.2) is 0 Å². The summed E-state index contributed by atoms with van der Waals surface area (Å²) >= 11 is 0. The lowest BCUT2D eigenvalue weighted by atomic mass is 10.1. The first-order valence-corrected chi connectivity index (χ1v) is 11.0. The highest BCUT2D eigenvalue weighted by Gasteiger charge is 2.16. The van der Waals surface area contributed by atoms with Gasteiger partial charge < -0.3 is 29.3 Å². The molecular formula is C27H30FN3O5. The number of halogens is 1. The van der Waals surface area contributed by atoms with Gasteiger partial charge >= 0.3 is 0 Å². The summed E-state index contributed by atoms with van der Waals surface area (Å²) in [4.78, 5) is 26.7. The van der Waals surface area contributed by atoms with Crippen LogP contribution in [-0.2, 0) is 4.79 Å². The molecule has 2 aromatic heterocycles. The lowest BCUT2D eigenvalue weighted by Gasteiger charge is -2.15. The molecule has 0 aliphatic heterocycles. The summed E-state index contributed by atoms with van der Waals surface area (Å²) in [6, 6.07) is 13.3. The van der Waals surface area contributed by atoms with Gasteiger partial charge in [-0.15, -0.1) is 0 Å². The molecule has 0 unspecified atom stereocenters. The number of fused-ring (bicyclic) bond motifs is 1. The SMILES string of the molecule is C=O.CCO.Cc1ccc(NC(=O)c2cc(Oc3ccc(N(C)C)c(F)c3)c3cc(C)oc3c2)nc1. The van der Waals surface area contributed by atoms with Crippen molar-refractivity contribution in [2.75, 3.05) is 30.9 Å². The number of furan rings is 1. The fraction of sp³-hybridized carbons (Fsp3) is 0.222. The molecule has 0 atom stereocenters. The van der Waals surface area contributed by atoms with Gasteiger partial charge in [0.2, 0.25) is 0 Å². The minimum absolute atomic E-state index is 0.250. The smallest absolute Gasteiger partial charge is 0.257 e. The second-order valence-corrected chi connectivity index (χ2v) is 7.84. The number of pyridine rings is 1. The van der Waals surface area contributed by atoms with Gasteiger partial charge in [-0.1, -0.05) is 6.07 Å². The molecule has 4 rings (SSSR count). The summed E-state index contributed by atoms with van der Waals surface area (Å²) in [5.41, 5.74) is 2.29. The molecule has 0 saturated carbocycles. The number of aliphatic hydroxyl groups excluding tert-OH is 1. The molecule has 8 nitrogen and oxygen atoms in total. The van der Waals surface area contributed by atoms with Crippen LogP contribution >= 0.6 is 0 Å². The highest BCUT2D eigenvalue weighted by atomic mass is 19.1. The van der Waals surface area contributed by atoms with Crippen LogP contribution in [0.15, 0.2) is 59.1 Å². The number of carbonyl (C=O) groups is 2. The van der Waals surface area contributed by atoms with Gasteiger partial charge in [0, 0.05) is 38.5 Å². The van der Waals surface area contributed by atoms with Crippen LogP contribution in [0.1, 0.15) is 28.6 Å². The third-order valence-corrected chi connectivity index (χ3v) is 4.77. The molecule has 0 aliphatic rings. The third kappa shape index (κ3) is 7.13. The molecule has 2 heterocycles. The Morgan fingerprint density at radius 3 is 2.42 bits per heavy atom. The number of ether oxygens (including phenoxy) is 1. The Labute approximate surface area is 209 Å². The molecular weight excluding hydrogens is 465 g/mol. The average Bonchev–Trinajstić information content (AvgIpc) is 3.22. The first-order chi connectivity index (χ1) is 17.2. The molecule has 0 saturated heterocycles. The van der Waals surface area contributed by atoms with E-state index in [-0.39, 0.29) is 12.5 Å².